The molecule has 1 saturated heterocycles. The lowest BCUT2D eigenvalue weighted by atomic mass is 9.92. The second-order valence-electron chi connectivity index (χ2n) is 3.93. The van der Waals surface area contributed by atoms with E-state index in [-0.39, 0.29) is 0 Å². The maximum Gasteiger partial charge on any atom is 0.123 e. The quantitative estimate of drug-likeness (QED) is 0.761. The van der Waals surface area contributed by atoms with Crippen LogP contribution in [-0.4, -0.2) is 13.1 Å². The monoisotopic (exact) mass is 193 g/mol. The van der Waals surface area contributed by atoms with Crippen LogP contribution in [0.5, 0.6) is 0 Å². The molecule has 2 heteroatoms. The highest BCUT2D eigenvalue weighted by Gasteiger charge is 2.20. The summed E-state index contributed by atoms with van der Waals surface area (Å²) in [5.41, 5.74) is 2.05. The Morgan fingerprint density at radius 2 is 2.21 bits per heavy atom. The minimum atomic E-state index is -0.855. The van der Waals surface area contributed by atoms with Gasteiger partial charge in [-0.25, -0.2) is 4.39 Å². The molecule has 1 aliphatic heterocycles. The molecule has 2 rings (SSSR count). The van der Waals surface area contributed by atoms with Crippen LogP contribution in [0.25, 0.3) is 0 Å². The first-order chi connectivity index (χ1) is 6.79. The van der Waals surface area contributed by atoms with Crippen LogP contribution in [0.4, 0.5) is 4.39 Å². The molecular formula is C12H16FN. The van der Waals surface area contributed by atoms with Crippen molar-refractivity contribution in [2.24, 2.45) is 0 Å². The molecular weight excluding hydrogens is 177 g/mol. The second-order valence-corrected chi connectivity index (χ2v) is 3.93. The van der Waals surface area contributed by atoms with Crippen molar-refractivity contribution in [3.05, 3.63) is 35.4 Å². The van der Waals surface area contributed by atoms with Gasteiger partial charge in [0.25, 0.3) is 0 Å². The molecule has 0 amide bonds. The SMILES string of the molecule is CC(F)c1ccccc1C1CCNC1. The summed E-state index contributed by atoms with van der Waals surface area (Å²) in [6.07, 6.45) is 0.274. The van der Waals surface area contributed by atoms with Gasteiger partial charge in [-0.05, 0) is 36.9 Å². The highest BCUT2D eigenvalue weighted by Crippen LogP contribution is 2.30. The lowest BCUT2D eigenvalue weighted by molar-refractivity contribution is 0.370. The Labute approximate surface area is 84.3 Å². The number of alkyl halides is 1. The van der Waals surface area contributed by atoms with Crippen molar-refractivity contribution in [1.82, 2.24) is 5.32 Å². The minimum absolute atomic E-state index is 0.504. The van der Waals surface area contributed by atoms with E-state index in [1.165, 1.54) is 5.56 Å². The largest absolute Gasteiger partial charge is 0.316 e. The molecule has 76 valence electrons. The summed E-state index contributed by atoms with van der Waals surface area (Å²) in [5.74, 6) is 0.504. The van der Waals surface area contributed by atoms with Gasteiger partial charge in [-0.15, -0.1) is 0 Å². The molecule has 0 aromatic heterocycles. The summed E-state index contributed by atoms with van der Waals surface area (Å²) in [5, 5.41) is 3.31. The van der Waals surface area contributed by atoms with E-state index >= 15 is 0 Å². The third-order valence-electron chi connectivity index (χ3n) is 2.92. The van der Waals surface area contributed by atoms with Crippen molar-refractivity contribution in [1.29, 1.82) is 0 Å². The lowest BCUT2D eigenvalue weighted by Crippen LogP contribution is -2.09. The number of halogens is 1. The smallest absolute Gasteiger partial charge is 0.123 e. The first kappa shape index (κ1) is 9.66. The summed E-state index contributed by atoms with van der Waals surface area (Å²) in [6, 6.07) is 7.87. The zero-order chi connectivity index (χ0) is 9.97. The van der Waals surface area contributed by atoms with Crippen molar-refractivity contribution in [2.45, 2.75) is 25.4 Å². The van der Waals surface area contributed by atoms with Crippen LogP contribution in [0.2, 0.25) is 0 Å². The summed E-state index contributed by atoms with van der Waals surface area (Å²) < 4.78 is 13.3. The molecule has 0 spiro atoms. The van der Waals surface area contributed by atoms with Crippen LogP contribution in [0.15, 0.2) is 24.3 Å². The normalized spacial score (nSPS) is 23.7. The predicted octanol–water partition coefficient (Wildman–Crippen LogP) is 2.79. The maximum absolute atomic E-state index is 13.3. The molecule has 14 heavy (non-hydrogen) atoms. The molecule has 1 aromatic rings. The van der Waals surface area contributed by atoms with Crippen molar-refractivity contribution in [3.8, 4) is 0 Å². The third kappa shape index (κ3) is 1.80. The van der Waals surface area contributed by atoms with Crippen LogP contribution < -0.4 is 5.32 Å². The average Bonchev–Trinajstić information content (AvgIpc) is 2.70. The van der Waals surface area contributed by atoms with Crippen molar-refractivity contribution in [2.75, 3.05) is 13.1 Å². The Morgan fingerprint density at radius 1 is 1.43 bits per heavy atom. The highest BCUT2D eigenvalue weighted by molar-refractivity contribution is 5.32. The summed E-state index contributed by atoms with van der Waals surface area (Å²) in [4.78, 5) is 0. The van der Waals surface area contributed by atoms with Gasteiger partial charge in [0.2, 0.25) is 0 Å². The number of hydrogen-bond donors (Lipinski definition) is 1. The first-order valence-electron chi connectivity index (χ1n) is 5.22. The van der Waals surface area contributed by atoms with Gasteiger partial charge >= 0.3 is 0 Å². The Kier molecular flexibility index (Phi) is 2.82. The molecule has 1 fully saturated rings. The Morgan fingerprint density at radius 3 is 2.86 bits per heavy atom. The Bertz CT molecular complexity index is 303. The summed E-state index contributed by atoms with van der Waals surface area (Å²) in [6.45, 7) is 3.66. The van der Waals surface area contributed by atoms with Gasteiger partial charge < -0.3 is 5.32 Å². The minimum Gasteiger partial charge on any atom is -0.316 e. The molecule has 1 N–H and O–H groups in total. The van der Waals surface area contributed by atoms with Crippen molar-refractivity contribution in [3.63, 3.8) is 0 Å². The molecule has 0 aliphatic carbocycles. The van der Waals surface area contributed by atoms with Crippen LogP contribution in [0.1, 0.15) is 36.6 Å². The molecule has 1 heterocycles. The molecule has 2 unspecified atom stereocenters. The fourth-order valence-electron chi connectivity index (χ4n) is 2.17. The highest BCUT2D eigenvalue weighted by atomic mass is 19.1. The lowest BCUT2D eigenvalue weighted by Gasteiger charge is -2.15. The van der Waals surface area contributed by atoms with E-state index in [1.54, 1.807) is 6.92 Å². The van der Waals surface area contributed by atoms with Crippen molar-refractivity contribution < 1.29 is 4.39 Å². The standard InChI is InChI=1S/C12H16FN/c1-9(13)11-4-2-3-5-12(11)10-6-7-14-8-10/h2-5,9-10,14H,6-8H2,1H3. The predicted molar refractivity (Wildman–Crippen MR) is 56.2 cm³/mol. The average molecular weight is 193 g/mol. The number of rotatable bonds is 2. The molecule has 1 nitrogen and oxygen atoms in total. The van der Waals surface area contributed by atoms with Crippen LogP contribution in [-0.2, 0) is 0 Å². The van der Waals surface area contributed by atoms with Gasteiger partial charge in [0.05, 0.1) is 0 Å². The molecule has 0 bridgehead atoms. The van der Waals surface area contributed by atoms with Crippen LogP contribution in [0.3, 0.4) is 0 Å². The Balaban J connectivity index is 2.30. The molecule has 0 saturated carbocycles. The number of benzene rings is 1. The van der Waals surface area contributed by atoms with E-state index in [4.69, 9.17) is 0 Å². The van der Waals surface area contributed by atoms with Gasteiger partial charge in [0, 0.05) is 6.54 Å². The van der Waals surface area contributed by atoms with E-state index in [1.807, 2.05) is 18.2 Å². The van der Waals surface area contributed by atoms with E-state index in [9.17, 15) is 4.39 Å². The van der Waals surface area contributed by atoms with Gasteiger partial charge in [0.15, 0.2) is 0 Å². The summed E-state index contributed by atoms with van der Waals surface area (Å²) in [7, 11) is 0. The fraction of sp³-hybridized carbons (Fsp3) is 0.500. The number of hydrogen-bond acceptors (Lipinski definition) is 1. The van der Waals surface area contributed by atoms with Crippen molar-refractivity contribution >= 4 is 0 Å². The van der Waals surface area contributed by atoms with Gasteiger partial charge in [-0.3, -0.25) is 0 Å². The fourth-order valence-corrected chi connectivity index (χ4v) is 2.17. The van der Waals surface area contributed by atoms with Gasteiger partial charge in [-0.1, -0.05) is 24.3 Å². The summed E-state index contributed by atoms with van der Waals surface area (Å²) >= 11 is 0. The van der Waals surface area contributed by atoms with Crippen LogP contribution in [0, 0.1) is 0 Å². The molecule has 2 atom stereocenters. The zero-order valence-electron chi connectivity index (χ0n) is 8.46. The number of nitrogens with one attached hydrogen (secondary N) is 1. The molecule has 1 aliphatic rings. The van der Waals surface area contributed by atoms with E-state index in [0.29, 0.717) is 5.92 Å². The van der Waals surface area contributed by atoms with E-state index < -0.39 is 6.17 Å². The second kappa shape index (κ2) is 4.09. The van der Waals surface area contributed by atoms with E-state index in [2.05, 4.69) is 11.4 Å². The molecule has 0 radical (unpaired) electrons. The van der Waals surface area contributed by atoms with Gasteiger partial charge in [0.1, 0.15) is 6.17 Å². The van der Waals surface area contributed by atoms with Gasteiger partial charge in [-0.2, -0.15) is 0 Å². The zero-order valence-corrected chi connectivity index (χ0v) is 8.46. The van der Waals surface area contributed by atoms with Crippen LogP contribution >= 0.6 is 0 Å². The molecule has 1 aromatic carbocycles. The third-order valence-corrected chi connectivity index (χ3v) is 2.92. The first-order valence-corrected chi connectivity index (χ1v) is 5.22. The van der Waals surface area contributed by atoms with E-state index in [0.717, 1.165) is 25.1 Å². The Hall–Kier alpha value is -0.890. The maximum atomic E-state index is 13.3. The topological polar surface area (TPSA) is 12.0 Å².